The summed E-state index contributed by atoms with van der Waals surface area (Å²) in [5.41, 5.74) is 0.947. The minimum absolute atomic E-state index is 0.0994. The number of anilines is 2. The number of furan rings is 1. The molecule has 0 unspecified atom stereocenters. The van der Waals surface area contributed by atoms with Crippen LogP contribution in [-0.2, 0) is 10.0 Å². The Hall–Kier alpha value is -3.06. The van der Waals surface area contributed by atoms with E-state index in [1.807, 2.05) is 0 Å². The highest BCUT2D eigenvalue weighted by Gasteiger charge is 2.14. The number of hydrogen-bond acceptors (Lipinski definition) is 4. The summed E-state index contributed by atoms with van der Waals surface area (Å²) < 4.78 is 32.1. The van der Waals surface area contributed by atoms with Gasteiger partial charge in [-0.1, -0.05) is 18.2 Å². The van der Waals surface area contributed by atoms with Crippen LogP contribution in [0.15, 0.2) is 82.3 Å². The van der Waals surface area contributed by atoms with Crippen LogP contribution < -0.4 is 10.0 Å². The molecule has 0 saturated carbocycles. The van der Waals surface area contributed by atoms with Gasteiger partial charge in [-0.2, -0.15) is 0 Å². The molecule has 0 aliphatic heterocycles. The van der Waals surface area contributed by atoms with E-state index in [1.54, 1.807) is 36.4 Å². The molecule has 0 aliphatic rings. The van der Waals surface area contributed by atoms with Gasteiger partial charge in [0.2, 0.25) is 0 Å². The molecule has 0 bridgehead atoms. The van der Waals surface area contributed by atoms with Gasteiger partial charge in [-0.3, -0.25) is 9.52 Å². The molecule has 0 atom stereocenters. The number of nitrogens with one attached hydrogen (secondary N) is 2. The minimum atomic E-state index is -3.68. The van der Waals surface area contributed by atoms with Gasteiger partial charge in [-0.15, -0.1) is 0 Å². The second-order valence-electron chi connectivity index (χ2n) is 4.93. The summed E-state index contributed by atoms with van der Waals surface area (Å²) in [7, 11) is -3.68. The Morgan fingerprint density at radius 1 is 0.833 bits per heavy atom. The zero-order valence-corrected chi connectivity index (χ0v) is 13.3. The van der Waals surface area contributed by atoms with Crippen molar-refractivity contribution in [2.24, 2.45) is 0 Å². The molecular weight excluding hydrogens is 328 g/mol. The Morgan fingerprint density at radius 2 is 1.54 bits per heavy atom. The SMILES string of the molecule is O=C(Nc1ccc(S(=O)(=O)Nc2ccccc2)cc1)c1ccco1. The number of hydrogen-bond donors (Lipinski definition) is 2. The van der Waals surface area contributed by atoms with Gasteiger partial charge in [0.05, 0.1) is 11.2 Å². The fraction of sp³-hybridized carbons (Fsp3) is 0. The first-order chi connectivity index (χ1) is 11.5. The Balaban J connectivity index is 1.73. The summed E-state index contributed by atoms with van der Waals surface area (Å²) in [6.07, 6.45) is 1.40. The summed E-state index contributed by atoms with van der Waals surface area (Å²) in [5.74, 6) is -0.226. The maximum absolute atomic E-state index is 12.3. The molecule has 0 saturated heterocycles. The standard InChI is InChI=1S/C17H14N2O4S/c20-17(16-7-4-12-23-16)18-13-8-10-15(11-9-13)24(21,22)19-14-5-2-1-3-6-14/h1-12,19H,(H,18,20). The first-order valence-corrected chi connectivity index (χ1v) is 8.56. The van der Waals surface area contributed by atoms with Crippen LogP contribution in [0.25, 0.3) is 0 Å². The Morgan fingerprint density at radius 3 is 2.17 bits per heavy atom. The second kappa shape index (κ2) is 6.59. The van der Waals surface area contributed by atoms with Crippen molar-refractivity contribution < 1.29 is 17.6 Å². The molecule has 0 fully saturated rings. The molecule has 1 heterocycles. The predicted molar refractivity (Wildman–Crippen MR) is 90.4 cm³/mol. The highest BCUT2D eigenvalue weighted by atomic mass is 32.2. The van der Waals surface area contributed by atoms with Crippen LogP contribution in [0.5, 0.6) is 0 Å². The molecule has 24 heavy (non-hydrogen) atoms. The monoisotopic (exact) mass is 342 g/mol. The van der Waals surface area contributed by atoms with Crippen molar-refractivity contribution in [1.82, 2.24) is 0 Å². The van der Waals surface area contributed by atoms with Crippen LogP contribution in [0.3, 0.4) is 0 Å². The third-order valence-corrected chi connectivity index (χ3v) is 4.59. The van der Waals surface area contributed by atoms with E-state index in [-0.39, 0.29) is 10.7 Å². The van der Waals surface area contributed by atoms with Crippen LogP contribution in [-0.4, -0.2) is 14.3 Å². The molecule has 1 amide bonds. The molecule has 0 radical (unpaired) electrons. The number of sulfonamides is 1. The normalized spacial score (nSPS) is 11.0. The van der Waals surface area contributed by atoms with Gasteiger partial charge in [0.1, 0.15) is 0 Å². The minimum Gasteiger partial charge on any atom is -0.459 e. The fourth-order valence-corrected chi connectivity index (χ4v) is 3.10. The van der Waals surface area contributed by atoms with Crippen LogP contribution >= 0.6 is 0 Å². The van der Waals surface area contributed by atoms with E-state index in [0.29, 0.717) is 11.4 Å². The maximum Gasteiger partial charge on any atom is 0.291 e. The summed E-state index contributed by atoms with van der Waals surface area (Å²) >= 11 is 0. The lowest BCUT2D eigenvalue weighted by Crippen LogP contribution is -2.13. The molecule has 3 aromatic rings. The highest BCUT2D eigenvalue weighted by molar-refractivity contribution is 7.92. The predicted octanol–water partition coefficient (Wildman–Crippen LogP) is 3.33. The second-order valence-corrected chi connectivity index (χ2v) is 6.61. The van der Waals surface area contributed by atoms with Crippen LogP contribution in [0.4, 0.5) is 11.4 Å². The molecule has 6 nitrogen and oxygen atoms in total. The quantitative estimate of drug-likeness (QED) is 0.744. The zero-order valence-electron chi connectivity index (χ0n) is 12.5. The molecule has 2 aromatic carbocycles. The van der Waals surface area contributed by atoms with E-state index in [1.165, 1.54) is 36.6 Å². The lowest BCUT2D eigenvalue weighted by molar-refractivity contribution is 0.0996. The van der Waals surface area contributed by atoms with Gasteiger partial charge in [-0.05, 0) is 48.5 Å². The molecule has 1 aromatic heterocycles. The van der Waals surface area contributed by atoms with E-state index in [9.17, 15) is 13.2 Å². The molecule has 2 N–H and O–H groups in total. The van der Waals surface area contributed by atoms with Crippen molar-refractivity contribution in [3.63, 3.8) is 0 Å². The van der Waals surface area contributed by atoms with Gasteiger partial charge in [0, 0.05) is 11.4 Å². The van der Waals surface area contributed by atoms with E-state index in [4.69, 9.17) is 4.42 Å². The average molecular weight is 342 g/mol. The van der Waals surface area contributed by atoms with Crippen LogP contribution in [0, 0.1) is 0 Å². The molecule has 0 aliphatic carbocycles. The van der Waals surface area contributed by atoms with Gasteiger partial charge in [0.15, 0.2) is 5.76 Å². The van der Waals surface area contributed by atoms with Crippen molar-refractivity contribution in [2.45, 2.75) is 4.90 Å². The molecule has 3 rings (SSSR count). The van der Waals surface area contributed by atoms with Crippen molar-refractivity contribution in [3.05, 3.63) is 78.8 Å². The number of benzene rings is 2. The Kier molecular flexibility index (Phi) is 4.35. The lowest BCUT2D eigenvalue weighted by atomic mass is 10.3. The van der Waals surface area contributed by atoms with Crippen LogP contribution in [0.2, 0.25) is 0 Å². The van der Waals surface area contributed by atoms with E-state index in [0.717, 1.165) is 0 Å². The maximum atomic E-state index is 12.3. The van der Waals surface area contributed by atoms with Crippen LogP contribution in [0.1, 0.15) is 10.6 Å². The van der Waals surface area contributed by atoms with Crippen molar-refractivity contribution in [3.8, 4) is 0 Å². The number of carbonyl (C=O) groups excluding carboxylic acids is 1. The summed E-state index contributed by atoms with van der Waals surface area (Å²) in [5, 5.41) is 2.62. The van der Waals surface area contributed by atoms with E-state index in [2.05, 4.69) is 10.0 Å². The lowest BCUT2D eigenvalue weighted by Gasteiger charge is -2.09. The van der Waals surface area contributed by atoms with Gasteiger partial charge < -0.3 is 9.73 Å². The smallest absolute Gasteiger partial charge is 0.291 e. The summed E-state index contributed by atoms with van der Waals surface area (Å²) in [6.45, 7) is 0. The zero-order chi connectivity index (χ0) is 17.0. The number of carbonyl (C=O) groups is 1. The fourth-order valence-electron chi connectivity index (χ4n) is 2.04. The molecular formula is C17H14N2O4S. The highest BCUT2D eigenvalue weighted by Crippen LogP contribution is 2.18. The van der Waals surface area contributed by atoms with Crippen molar-refractivity contribution >= 4 is 27.3 Å². The third kappa shape index (κ3) is 3.64. The molecule has 122 valence electrons. The summed E-state index contributed by atoms with van der Waals surface area (Å²) in [4.78, 5) is 12.0. The van der Waals surface area contributed by atoms with Gasteiger partial charge in [0.25, 0.3) is 15.9 Å². The Labute approximate surface area is 139 Å². The van der Waals surface area contributed by atoms with Crippen molar-refractivity contribution in [2.75, 3.05) is 10.0 Å². The number of amides is 1. The first-order valence-electron chi connectivity index (χ1n) is 7.07. The van der Waals surface area contributed by atoms with E-state index >= 15 is 0 Å². The molecule has 7 heteroatoms. The molecule has 0 spiro atoms. The third-order valence-electron chi connectivity index (χ3n) is 3.19. The largest absolute Gasteiger partial charge is 0.459 e. The van der Waals surface area contributed by atoms with E-state index < -0.39 is 15.9 Å². The first kappa shape index (κ1) is 15.8. The number of para-hydroxylation sites is 1. The Bertz CT molecular complexity index is 918. The van der Waals surface area contributed by atoms with Gasteiger partial charge in [-0.25, -0.2) is 8.42 Å². The van der Waals surface area contributed by atoms with Gasteiger partial charge >= 0.3 is 0 Å². The average Bonchev–Trinajstić information content (AvgIpc) is 3.10. The summed E-state index contributed by atoms with van der Waals surface area (Å²) in [6, 6.07) is 17.6. The van der Waals surface area contributed by atoms with Crippen molar-refractivity contribution in [1.29, 1.82) is 0 Å². The number of rotatable bonds is 5. The topological polar surface area (TPSA) is 88.4 Å².